The minimum atomic E-state index is -5.08. The molecule has 0 aliphatic carbocycles. The van der Waals surface area contributed by atoms with Crippen LogP contribution in [0.15, 0.2) is 12.1 Å². The molecule has 18 nitrogen and oxygen atoms in total. The van der Waals surface area contributed by atoms with Crippen LogP contribution in [0.1, 0.15) is 50.7 Å². The summed E-state index contributed by atoms with van der Waals surface area (Å²) >= 11 is 1.50. The largest absolute Gasteiger partial charge is 1.00 e. The van der Waals surface area contributed by atoms with Crippen LogP contribution in [0.4, 0.5) is 15.3 Å². The Morgan fingerprint density at radius 2 is 1.89 bits per heavy atom. The molecule has 4 aliphatic heterocycles. The van der Waals surface area contributed by atoms with Crippen molar-refractivity contribution in [2.24, 2.45) is 0 Å². The number of amides is 5. The number of fused-ring (bicyclic) bond motifs is 2. The van der Waals surface area contributed by atoms with Crippen LogP contribution in [0.2, 0.25) is 0 Å². The van der Waals surface area contributed by atoms with E-state index >= 15 is 0 Å². The standard InChI is InChI=1S/C24H26N4O14S2.Na/c1-11(12-6-15-16(40-10-39-15)7-13(12)28(34)35)41-24(33)26-14-9-43-17(21(14)25-23(26)32)4-2-3-5-20(30)42-27-19(29)8-18(22(27)31)44(36,37)38;/h6-7,11,14,17-18,21H,2-5,8-10H2,1H3,(H,25,32)(H,36,37,38);/q;+1/p-1/t11?,14-,17-,18?,21-;/m0./s1. The Kier molecular flexibility index (Phi) is 10.5. The number of nitro benzene ring substituents is 1. The van der Waals surface area contributed by atoms with E-state index in [0.717, 1.165) is 4.90 Å². The van der Waals surface area contributed by atoms with Crippen molar-refractivity contribution >= 4 is 57.5 Å². The summed E-state index contributed by atoms with van der Waals surface area (Å²) in [6, 6.07) is 0.891. The van der Waals surface area contributed by atoms with E-state index in [1.165, 1.54) is 30.8 Å². The average Bonchev–Trinajstić information content (AvgIpc) is 3.70. The molecule has 3 fully saturated rings. The summed E-state index contributed by atoms with van der Waals surface area (Å²) in [6.45, 7) is 1.33. The molecule has 5 rings (SSSR count). The Morgan fingerprint density at radius 1 is 1.20 bits per heavy atom. The van der Waals surface area contributed by atoms with E-state index in [1.54, 1.807) is 0 Å². The van der Waals surface area contributed by atoms with Gasteiger partial charge in [0.15, 0.2) is 11.5 Å². The van der Waals surface area contributed by atoms with Gasteiger partial charge in [0.2, 0.25) is 6.79 Å². The number of carbonyl (C=O) groups excluding carboxylic acids is 5. The molecule has 0 spiro atoms. The molecule has 238 valence electrons. The predicted molar refractivity (Wildman–Crippen MR) is 143 cm³/mol. The smallest absolute Gasteiger partial charge is 0.747 e. The number of hydrogen-bond acceptors (Lipinski definition) is 15. The molecule has 2 unspecified atom stereocenters. The van der Waals surface area contributed by atoms with Gasteiger partial charge in [-0.2, -0.15) is 11.8 Å². The van der Waals surface area contributed by atoms with Crippen LogP contribution in [0.25, 0.3) is 0 Å². The van der Waals surface area contributed by atoms with Gasteiger partial charge in [-0.25, -0.2) is 27.7 Å². The summed E-state index contributed by atoms with van der Waals surface area (Å²) in [5.41, 5.74) is -0.272. The second-order valence-corrected chi connectivity index (χ2v) is 13.1. The molecule has 4 heterocycles. The van der Waals surface area contributed by atoms with E-state index in [1.807, 2.05) is 0 Å². The van der Waals surface area contributed by atoms with Crippen LogP contribution in [0.3, 0.4) is 0 Å². The SMILES string of the molecule is CC(OC(=O)N1C(=O)N[C@@H]2[C@H](CCCCC(=O)ON3C(=O)CC(S(=O)(=O)[O-])C3=O)SC[C@@H]21)c1cc2c(cc1[N+](=O)[O-])OCO2.[Na+]. The average molecular weight is 681 g/mol. The Labute approximate surface area is 281 Å². The zero-order valence-corrected chi connectivity index (χ0v) is 27.5. The molecule has 0 bridgehead atoms. The van der Waals surface area contributed by atoms with Gasteiger partial charge in [-0.1, -0.05) is 6.42 Å². The van der Waals surface area contributed by atoms with Crippen LogP contribution < -0.4 is 44.3 Å². The Balaban J connectivity index is 0.00000461. The fraction of sp³-hybridized carbons (Fsp3) is 0.542. The van der Waals surface area contributed by atoms with E-state index in [9.17, 15) is 47.1 Å². The number of unbranched alkanes of at least 4 members (excludes halogenated alkanes) is 1. The molecule has 3 saturated heterocycles. The van der Waals surface area contributed by atoms with Gasteiger partial charge in [-0.15, -0.1) is 5.06 Å². The zero-order valence-electron chi connectivity index (χ0n) is 23.9. The molecule has 21 heteroatoms. The first-order valence-corrected chi connectivity index (χ1v) is 15.8. The third kappa shape index (κ3) is 7.14. The first-order chi connectivity index (χ1) is 20.8. The summed E-state index contributed by atoms with van der Waals surface area (Å²) in [5, 5.41) is 12.1. The first kappa shape index (κ1) is 34.7. The normalized spacial score (nSPS) is 24.2. The van der Waals surface area contributed by atoms with Gasteiger partial charge in [0.1, 0.15) is 21.5 Å². The molecule has 1 aromatic rings. The maximum absolute atomic E-state index is 13.1. The van der Waals surface area contributed by atoms with Gasteiger partial charge in [-0.05, 0) is 25.8 Å². The molecule has 0 aromatic heterocycles. The zero-order chi connectivity index (χ0) is 31.9. The van der Waals surface area contributed by atoms with Crippen molar-refractivity contribution in [3.8, 4) is 11.5 Å². The van der Waals surface area contributed by atoms with E-state index in [2.05, 4.69) is 10.2 Å². The Hall–Kier alpha value is -3.17. The van der Waals surface area contributed by atoms with Crippen molar-refractivity contribution in [2.45, 2.75) is 67.7 Å². The molecule has 1 N–H and O–H groups in total. The number of thioether (sulfide) groups is 1. The van der Waals surface area contributed by atoms with Crippen LogP contribution in [-0.2, 0) is 34.1 Å². The molecule has 0 saturated carbocycles. The van der Waals surface area contributed by atoms with Crippen LogP contribution in [-0.4, -0.2) is 92.9 Å². The third-order valence-electron chi connectivity index (χ3n) is 7.49. The second kappa shape index (κ2) is 13.7. The molecule has 0 radical (unpaired) electrons. The molecule has 5 atom stereocenters. The number of nitro groups is 1. The van der Waals surface area contributed by atoms with Crippen molar-refractivity contribution < 1.29 is 90.5 Å². The molecule has 4 aliphatic rings. The summed E-state index contributed by atoms with van der Waals surface area (Å²) in [5.74, 6) is -2.63. The fourth-order valence-electron chi connectivity index (χ4n) is 5.31. The quantitative estimate of drug-likeness (QED) is 0.0539. The number of benzene rings is 1. The minimum absolute atomic E-state index is 0. The van der Waals surface area contributed by atoms with Crippen LogP contribution in [0.5, 0.6) is 11.5 Å². The van der Waals surface area contributed by atoms with E-state index in [4.69, 9.17) is 14.2 Å². The van der Waals surface area contributed by atoms with Gasteiger partial charge in [-0.3, -0.25) is 19.7 Å². The third-order valence-corrected chi connectivity index (χ3v) is 10.0. The molecule has 45 heavy (non-hydrogen) atoms. The van der Waals surface area contributed by atoms with Crippen molar-refractivity contribution in [1.82, 2.24) is 15.3 Å². The van der Waals surface area contributed by atoms with Crippen molar-refractivity contribution in [2.75, 3.05) is 12.5 Å². The Morgan fingerprint density at radius 3 is 2.53 bits per heavy atom. The summed E-state index contributed by atoms with van der Waals surface area (Å²) < 4.78 is 49.2. The summed E-state index contributed by atoms with van der Waals surface area (Å²) in [7, 11) is -5.08. The van der Waals surface area contributed by atoms with E-state index in [-0.39, 0.29) is 82.3 Å². The monoisotopic (exact) mass is 680 g/mol. The van der Waals surface area contributed by atoms with Crippen LogP contribution >= 0.6 is 11.8 Å². The van der Waals surface area contributed by atoms with Gasteiger partial charge < -0.3 is 28.9 Å². The molecule has 5 amide bonds. The minimum Gasteiger partial charge on any atom is -0.747 e. The summed E-state index contributed by atoms with van der Waals surface area (Å²) in [4.78, 5) is 78.3. The Bertz CT molecular complexity index is 1540. The van der Waals surface area contributed by atoms with Gasteiger partial charge >= 0.3 is 47.7 Å². The number of carbonyl (C=O) groups is 5. The number of hydrogen-bond donors (Lipinski definition) is 1. The van der Waals surface area contributed by atoms with Gasteiger partial charge in [0, 0.05) is 17.4 Å². The van der Waals surface area contributed by atoms with E-state index < -0.39 is 74.8 Å². The van der Waals surface area contributed by atoms with Crippen molar-refractivity contribution in [1.29, 1.82) is 0 Å². The number of nitrogens with one attached hydrogen (secondary N) is 1. The number of rotatable bonds is 10. The van der Waals surface area contributed by atoms with Crippen molar-refractivity contribution in [3.05, 3.63) is 27.8 Å². The molecular formula is C24H25N4NaO14S2. The molecular weight excluding hydrogens is 655 g/mol. The first-order valence-electron chi connectivity index (χ1n) is 13.3. The van der Waals surface area contributed by atoms with E-state index in [0.29, 0.717) is 18.6 Å². The maximum Gasteiger partial charge on any atom is 1.00 e. The molecule has 1 aromatic carbocycles. The number of ether oxygens (including phenoxy) is 3. The number of imide groups is 2. The maximum atomic E-state index is 13.1. The summed E-state index contributed by atoms with van der Waals surface area (Å²) in [6.07, 6.45) is -1.95. The topological polar surface area (TPSA) is 241 Å². The van der Waals surface area contributed by atoms with Crippen LogP contribution in [0, 0.1) is 10.1 Å². The second-order valence-electron chi connectivity index (χ2n) is 10.3. The van der Waals surface area contributed by atoms with Gasteiger partial charge in [0.05, 0.1) is 35.1 Å². The fourth-order valence-corrected chi connectivity index (χ4v) is 7.59. The number of urea groups is 1. The predicted octanol–water partition coefficient (Wildman–Crippen LogP) is -1.91. The number of nitrogens with zero attached hydrogens (tertiary/aromatic N) is 3. The van der Waals surface area contributed by atoms with Gasteiger partial charge in [0.25, 0.3) is 17.5 Å². The number of hydroxylamine groups is 2. The van der Waals surface area contributed by atoms with Crippen molar-refractivity contribution in [3.63, 3.8) is 0 Å².